The minimum atomic E-state index is -0.626. The van der Waals surface area contributed by atoms with Gasteiger partial charge in [0.2, 0.25) is 0 Å². The van der Waals surface area contributed by atoms with Crippen LogP contribution < -0.4 is 0 Å². The van der Waals surface area contributed by atoms with E-state index in [1.54, 1.807) is 0 Å². The zero-order chi connectivity index (χ0) is 16.0. The molecule has 3 heterocycles. The molecule has 1 saturated heterocycles. The number of aliphatic hydroxyl groups is 1. The van der Waals surface area contributed by atoms with Crippen molar-refractivity contribution in [1.29, 1.82) is 0 Å². The summed E-state index contributed by atoms with van der Waals surface area (Å²) in [6, 6.07) is 2.03. The second kappa shape index (κ2) is 4.25. The summed E-state index contributed by atoms with van der Waals surface area (Å²) in [5.74, 6) is -0.290. The largest absolute Gasteiger partial charge is 0.396 e. The van der Waals surface area contributed by atoms with E-state index >= 15 is 0 Å². The molecule has 1 aliphatic heterocycles. The highest BCUT2D eigenvalue weighted by Gasteiger charge is 2.75. The van der Waals surface area contributed by atoms with Crippen molar-refractivity contribution in [1.82, 2.24) is 14.5 Å². The molecule has 3 aliphatic rings. The Bertz CT molecular complexity index is 807. The Balaban J connectivity index is 1.64. The normalized spacial score (nSPS) is 40.3. The molecule has 0 spiro atoms. The summed E-state index contributed by atoms with van der Waals surface area (Å²) in [7, 11) is 0. The molecule has 0 amide bonds. The minimum absolute atomic E-state index is 0.0766. The summed E-state index contributed by atoms with van der Waals surface area (Å²) in [5, 5.41) is 11.3. The van der Waals surface area contributed by atoms with E-state index in [1.165, 1.54) is 6.33 Å². The molecule has 2 aromatic rings. The van der Waals surface area contributed by atoms with Gasteiger partial charge < -0.3 is 19.1 Å². The first-order valence-corrected chi connectivity index (χ1v) is 8.28. The van der Waals surface area contributed by atoms with Gasteiger partial charge in [0.25, 0.3) is 0 Å². The van der Waals surface area contributed by atoms with Gasteiger partial charge in [0.15, 0.2) is 5.79 Å². The van der Waals surface area contributed by atoms with E-state index in [2.05, 4.69) is 14.5 Å². The zero-order valence-electron chi connectivity index (χ0n) is 12.9. The van der Waals surface area contributed by atoms with Gasteiger partial charge in [-0.1, -0.05) is 11.6 Å². The Kier molecular flexibility index (Phi) is 2.61. The fourth-order valence-electron chi connectivity index (χ4n) is 4.66. The third-order valence-electron chi connectivity index (χ3n) is 5.70. The number of aliphatic hydroxyl groups excluding tert-OH is 1. The summed E-state index contributed by atoms with van der Waals surface area (Å²) in [6.45, 7) is 3.99. The molecule has 6 nitrogen and oxygen atoms in total. The van der Waals surface area contributed by atoms with Crippen molar-refractivity contribution in [3.63, 3.8) is 0 Å². The highest BCUT2D eigenvalue weighted by molar-refractivity contribution is 6.33. The number of ether oxygens (including phenoxy) is 2. The van der Waals surface area contributed by atoms with E-state index in [9.17, 15) is 5.11 Å². The summed E-state index contributed by atoms with van der Waals surface area (Å²) < 4.78 is 14.4. The van der Waals surface area contributed by atoms with Gasteiger partial charge in [0.05, 0.1) is 24.1 Å². The zero-order valence-corrected chi connectivity index (χ0v) is 13.7. The third-order valence-corrected chi connectivity index (χ3v) is 6.00. The van der Waals surface area contributed by atoms with Crippen LogP contribution in [0.1, 0.15) is 26.3 Å². The third kappa shape index (κ3) is 1.70. The van der Waals surface area contributed by atoms with Gasteiger partial charge in [0.1, 0.15) is 23.2 Å². The van der Waals surface area contributed by atoms with Crippen molar-refractivity contribution in [3.8, 4) is 0 Å². The van der Waals surface area contributed by atoms with Gasteiger partial charge in [-0.05, 0) is 32.3 Å². The highest BCUT2D eigenvalue weighted by Crippen LogP contribution is 2.71. The number of halogens is 1. The van der Waals surface area contributed by atoms with Crippen LogP contribution >= 0.6 is 11.6 Å². The molecule has 7 heteroatoms. The van der Waals surface area contributed by atoms with E-state index in [1.807, 2.05) is 26.1 Å². The number of nitrogens with zero attached hydrogens (tertiary/aromatic N) is 3. The average molecular weight is 336 g/mol. The van der Waals surface area contributed by atoms with Crippen LogP contribution in [0.5, 0.6) is 0 Å². The maximum absolute atomic E-state index is 9.97. The average Bonchev–Trinajstić information content (AvgIpc) is 2.78. The van der Waals surface area contributed by atoms with E-state index < -0.39 is 5.79 Å². The Hall–Kier alpha value is -1.21. The van der Waals surface area contributed by atoms with Crippen LogP contribution in [0.15, 0.2) is 18.6 Å². The first kappa shape index (κ1) is 14.2. The maximum Gasteiger partial charge on any atom is 0.163 e. The van der Waals surface area contributed by atoms with Crippen molar-refractivity contribution in [2.24, 2.45) is 11.3 Å². The maximum atomic E-state index is 9.97. The number of rotatable bonds is 2. The molecule has 1 N–H and O–H groups in total. The summed E-state index contributed by atoms with van der Waals surface area (Å²) in [4.78, 5) is 8.45. The molecule has 122 valence electrons. The lowest BCUT2D eigenvalue weighted by Gasteiger charge is -2.24. The molecule has 3 fully saturated rings. The molecule has 5 atom stereocenters. The molecule has 23 heavy (non-hydrogen) atoms. The van der Waals surface area contributed by atoms with E-state index in [4.69, 9.17) is 21.1 Å². The Morgan fingerprint density at radius 2 is 2.22 bits per heavy atom. The van der Waals surface area contributed by atoms with Crippen molar-refractivity contribution >= 4 is 22.6 Å². The fraction of sp³-hybridized carbons (Fsp3) is 0.625. The van der Waals surface area contributed by atoms with E-state index in [0.29, 0.717) is 11.1 Å². The van der Waals surface area contributed by atoms with Crippen LogP contribution in [0.4, 0.5) is 0 Å². The fourth-order valence-corrected chi connectivity index (χ4v) is 4.85. The minimum Gasteiger partial charge on any atom is -0.396 e. The van der Waals surface area contributed by atoms with Crippen molar-refractivity contribution in [3.05, 3.63) is 23.7 Å². The van der Waals surface area contributed by atoms with Crippen LogP contribution in [0.25, 0.3) is 11.0 Å². The molecule has 0 radical (unpaired) electrons. The van der Waals surface area contributed by atoms with Gasteiger partial charge in [-0.25, -0.2) is 9.97 Å². The molecular formula is C16H18ClN3O3. The summed E-state index contributed by atoms with van der Waals surface area (Å²) in [5.41, 5.74) is 0.624. The van der Waals surface area contributed by atoms with Crippen LogP contribution in [-0.4, -0.2) is 44.2 Å². The molecule has 5 rings (SSSR count). The standard InChI is InChI=1S/C16H18ClN3O3/c1-15(2)22-11-10(9-5-16(9,6-21)12(11)23-15)20-4-3-8-13(17)18-7-19-14(8)20/h3-4,7,9-12,21H,5-6H2,1-2H3/t9?,10-,11+,12+,16+/m1/s1. The SMILES string of the molecule is CC1(C)O[C@H]2[C@H](n3ccc4c(Cl)ncnc43)C3C[C@@]3(CO)[C@H]2O1. The van der Waals surface area contributed by atoms with Crippen LogP contribution in [0, 0.1) is 11.3 Å². The van der Waals surface area contributed by atoms with E-state index in [-0.39, 0.29) is 30.3 Å². The molecule has 2 aliphatic carbocycles. The summed E-state index contributed by atoms with van der Waals surface area (Å²) >= 11 is 6.17. The van der Waals surface area contributed by atoms with Crippen LogP contribution in [0.3, 0.4) is 0 Å². The molecule has 2 aromatic heterocycles. The lowest BCUT2D eigenvalue weighted by Crippen LogP contribution is -2.33. The smallest absolute Gasteiger partial charge is 0.163 e. The van der Waals surface area contributed by atoms with E-state index in [0.717, 1.165) is 17.5 Å². The lowest BCUT2D eigenvalue weighted by molar-refractivity contribution is -0.163. The second-order valence-corrected chi connectivity index (χ2v) is 7.70. The number of hydrogen-bond donors (Lipinski definition) is 1. The summed E-state index contributed by atoms with van der Waals surface area (Å²) in [6.07, 6.45) is 4.27. The predicted molar refractivity (Wildman–Crippen MR) is 83.0 cm³/mol. The first-order chi connectivity index (χ1) is 11.0. The Morgan fingerprint density at radius 3 is 3.00 bits per heavy atom. The molecule has 2 saturated carbocycles. The topological polar surface area (TPSA) is 69.4 Å². The van der Waals surface area contributed by atoms with Gasteiger partial charge in [-0.3, -0.25) is 0 Å². The monoisotopic (exact) mass is 335 g/mol. The highest BCUT2D eigenvalue weighted by atomic mass is 35.5. The van der Waals surface area contributed by atoms with Crippen LogP contribution in [-0.2, 0) is 9.47 Å². The molecular weight excluding hydrogens is 318 g/mol. The van der Waals surface area contributed by atoms with Crippen molar-refractivity contribution in [2.45, 2.75) is 44.3 Å². The molecule has 0 bridgehead atoms. The van der Waals surface area contributed by atoms with Crippen molar-refractivity contribution in [2.75, 3.05) is 6.61 Å². The molecule has 0 aromatic carbocycles. The van der Waals surface area contributed by atoms with Gasteiger partial charge in [-0.2, -0.15) is 0 Å². The quantitative estimate of drug-likeness (QED) is 0.852. The lowest BCUT2D eigenvalue weighted by atomic mass is 10.0. The molecule has 1 unspecified atom stereocenters. The van der Waals surface area contributed by atoms with Crippen LogP contribution in [0.2, 0.25) is 5.15 Å². The van der Waals surface area contributed by atoms with Gasteiger partial charge >= 0.3 is 0 Å². The number of aromatic nitrogens is 3. The van der Waals surface area contributed by atoms with Crippen molar-refractivity contribution < 1.29 is 14.6 Å². The number of hydrogen-bond acceptors (Lipinski definition) is 5. The predicted octanol–water partition coefficient (Wildman–Crippen LogP) is 2.16. The Morgan fingerprint density at radius 1 is 1.39 bits per heavy atom. The Labute approximate surface area is 138 Å². The van der Waals surface area contributed by atoms with Gasteiger partial charge in [-0.15, -0.1) is 0 Å². The first-order valence-electron chi connectivity index (χ1n) is 7.90. The number of fused-ring (bicyclic) bond motifs is 4. The van der Waals surface area contributed by atoms with Gasteiger partial charge in [0, 0.05) is 11.6 Å². The second-order valence-electron chi connectivity index (χ2n) is 7.34.